The lowest BCUT2D eigenvalue weighted by molar-refractivity contribution is -0.138. The van der Waals surface area contributed by atoms with Crippen LogP contribution >= 0.6 is 0 Å². The minimum absolute atomic E-state index is 0.0638. The first kappa shape index (κ1) is 13.3. The lowest BCUT2D eigenvalue weighted by Gasteiger charge is -2.40. The first-order valence-electron chi connectivity index (χ1n) is 7.96. The van der Waals surface area contributed by atoms with Crippen LogP contribution in [0.1, 0.15) is 43.1 Å². The molecule has 1 atom stereocenters. The zero-order valence-electron chi connectivity index (χ0n) is 12.2. The molecule has 1 aromatic rings. The quantitative estimate of drug-likeness (QED) is 0.801. The van der Waals surface area contributed by atoms with E-state index in [0.717, 1.165) is 69.7 Å². The molecule has 4 heterocycles. The van der Waals surface area contributed by atoms with Gasteiger partial charge in [0, 0.05) is 38.4 Å². The molecular formula is C15H22N4O2. The number of imidazole rings is 1. The van der Waals surface area contributed by atoms with Gasteiger partial charge in [-0.2, -0.15) is 0 Å². The zero-order chi connectivity index (χ0) is 14.3. The lowest BCUT2D eigenvalue weighted by Crippen LogP contribution is -2.50. The van der Waals surface area contributed by atoms with Gasteiger partial charge < -0.3 is 19.9 Å². The van der Waals surface area contributed by atoms with Gasteiger partial charge in [-0.1, -0.05) is 0 Å². The molecule has 2 fully saturated rings. The summed E-state index contributed by atoms with van der Waals surface area (Å²) in [5.41, 5.74) is 2.04. The average Bonchev–Trinajstić information content (AvgIpc) is 3.16. The number of carbonyl (C=O) groups is 1. The van der Waals surface area contributed by atoms with Crippen LogP contribution in [0, 0.1) is 0 Å². The van der Waals surface area contributed by atoms with Crippen LogP contribution in [0.4, 0.5) is 0 Å². The van der Waals surface area contributed by atoms with E-state index in [1.54, 1.807) is 6.33 Å². The number of rotatable bonds is 1. The van der Waals surface area contributed by atoms with Gasteiger partial charge in [-0.15, -0.1) is 0 Å². The van der Waals surface area contributed by atoms with Crippen molar-refractivity contribution in [2.45, 2.75) is 43.7 Å². The highest BCUT2D eigenvalue weighted by Gasteiger charge is 2.41. The third-order valence-electron chi connectivity index (χ3n) is 5.17. The minimum Gasteiger partial charge on any atom is -0.375 e. The highest BCUT2D eigenvalue weighted by molar-refractivity contribution is 5.83. The summed E-state index contributed by atoms with van der Waals surface area (Å²) in [4.78, 5) is 22.2. The van der Waals surface area contributed by atoms with Gasteiger partial charge in [0.05, 0.1) is 17.6 Å². The molecular weight excluding hydrogens is 268 g/mol. The fourth-order valence-electron chi connectivity index (χ4n) is 3.89. The van der Waals surface area contributed by atoms with Crippen LogP contribution in [0.25, 0.3) is 0 Å². The van der Waals surface area contributed by atoms with Crippen molar-refractivity contribution in [2.24, 2.45) is 0 Å². The summed E-state index contributed by atoms with van der Waals surface area (Å²) in [7, 11) is 0. The molecule has 6 heteroatoms. The van der Waals surface area contributed by atoms with Crippen LogP contribution in [-0.4, -0.2) is 52.6 Å². The molecule has 114 valence electrons. The van der Waals surface area contributed by atoms with E-state index in [4.69, 9.17) is 4.74 Å². The summed E-state index contributed by atoms with van der Waals surface area (Å²) in [6, 6.07) is -0.279. The average molecular weight is 290 g/mol. The molecule has 0 bridgehead atoms. The number of amides is 1. The number of fused-ring (bicyclic) bond motifs is 1. The van der Waals surface area contributed by atoms with Gasteiger partial charge >= 0.3 is 0 Å². The summed E-state index contributed by atoms with van der Waals surface area (Å²) < 4.78 is 5.93. The predicted octanol–water partition coefficient (Wildman–Crippen LogP) is 0.768. The maximum absolute atomic E-state index is 12.8. The van der Waals surface area contributed by atoms with Gasteiger partial charge in [0.1, 0.15) is 6.04 Å². The van der Waals surface area contributed by atoms with Gasteiger partial charge in [0.15, 0.2) is 0 Å². The number of aromatic nitrogens is 2. The summed E-state index contributed by atoms with van der Waals surface area (Å²) >= 11 is 0. The van der Waals surface area contributed by atoms with E-state index < -0.39 is 0 Å². The van der Waals surface area contributed by atoms with E-state index in [1.807, 2.05) is 4.90 Å². The Labute approximate surface area is 124 Å². The van der Waals surface area contributed by atoms with Crippen molar-refractivity contribution in [2.75, 3.05) is 26.2 Å². The SMILES string of the molecule is O=C(C1NCCc2[nH]cnc21)N1CCC2(CCCO2)CC1. The third kappa shape index (κ3) is 2.26. The Hall–Kier alpha value is -1.40. The molecule has 2 N–H and O–H groups in total. The van der Waals surface area contributed by atoms with Crippen LogP contribution in [-0.2, 0) is 16.0 Å². The molecule has 0 saturated carbocycles. The highest BCUT2D eigenvalue weighted by Crippen LogP contribution is 2.36. The number of piperidine rings is 1. The summed E-state index contributed by atoms with van der Waals surface area (Å²) in [6.45, 7) is 3.31. The first-order chi connectivity index (χ1) is 10.3. The smallest absolute Gasteiger partial charge is 0.246 e. The number of H-pyrrole nitrogens is 1. The molecule has 2 saturated heterocycles. The third-order valence-corrected chi connectivity index (χ3v) is 5.17. The topological polar surface area (TPSA) is 70.2 Å². The monoisotopic (exact) mass is 290 g/mol. The Morgan fingerprint density at radius 1 is 1.38 bits per heavy atom. The maximum Gasteiger partial charge on any atom is 0.246 e. The number of hydrogen-bond donors (Lipinski definition) is 2. The van der Waals surface area contributed by atoms with E-state index in [1.165, 1.54) is 0 Å². The minimum atomic E-state index is -0.279. The van der Waals surface area contributed by atoms with Gasteiger partial charge in [-0.05, 0) is 25.7 Å². The van der Waals surface area contributed by atoms with Gasteiger partial charge in [0.25, 0.3) is 0 Å². The van der Waals surface area contributed by atoms with Gasteiger partial charge in [-0.25, -0.2) is 4.98 Å². The van der Waals surface area contributed by atoms with Crippen LogP contribution in [0.5, 0.6) is 0 Å². The molecule has 0 radical (unpaired) electrons. The molecule has 1 aromatic heterocycles. The molecule has 4 rings (SSSR count). The first-order valence-corrected chi connectivity index (χ1v) is 7.96. The Morgan fingerprint density at radius 2 is 2.24 bits per heavy atom. The Kier molecular flexibility index (Phi) is 3.23. The molecule has 3 aliphatic rings. The number of ether oxygens (including phenoxy) is 1. The van der Waals surface area contributed by atoms with E-state index >= 15 is 0 Å². The van der Waals surface area contributed by atoms with Crippen LogP contribution < -0.4 is 5.32 Å². The molecule has 3 aliphatic heterocycles. The number of likely N-dealkylation sites (tertiary alicyclic amines) is 1. The normalized spacial score (nSPS) is 27.8. The number of nitrogens with one attached hydrogen (secondary N) is 2. The molecule has 0 aromatic carbocycles. The maximum atomic E-state index is 12.8. The second-order valence-corrected chi connectivity index (χ2v) is 6.36. The predicted molar refractivity (Wildman–Crippen MR) is 76.8 cm³/mol. The molecule has 21 heavy (non-hydrogen) atoms. The largest absolute Gasteiger partial charge is 0.375 e. The van der Waals surface area contributed by atoms with E-state index in [2.05, 4.69) is 15.3 Å². The number of carbonyl (C=O) groups excluding carboxylic acids is 1. The number of hydrogen-bond acceptors (Lipinski definition) is 4. The van der Waals surface area contributed by atoms with Crippen molar-refractivity contribution < 1.29 is 9.53 Å². The van der Waals surface area contributed by atoms with Gasteiger partial charge in [-0.3, -0.25) is 4.79 Å². The second kappa shape index (κ2) is 5.10. The lowest BCUT2D eigenvalue weighted by atomic mass is 9.88. The number of nitrogens with zero attached hydrogens (tertiary/aromatic N) is 2. The number of aromatic amines is 1. The van der Waals surface area contributed by atoms with Crippen LogP contribution in [0.15, 0.2) is 6.33 Å². The Bertz CT molecular complexity index is 526. The van der Waals surface area contributed by atoms with Crippen molar-refractivity contribution in [1.29, 1.82) is 0 Å². The standard InChI is InChI=1S/C15H22N4O2/c20-14(13-12-11(2-6-16-13)17-10-18-12)19-7-4-15(5-8-19)3-1-9-21-15/h10,13,16H,1-9H2,(H,17,18). The molecule has 1 unspecified atom stereocenters. The van der Waals surface area contributed by atoms with Crippen LogP contribution in [0.2, 0.25) is 0 Å². The summed E-state index contributed by atoms with van der Waals surface area (Å²) in [5.74, 6) is 0.163. The van der Waals surface area contributed by atoms with Crippen molar-refractivity contribution >= 4 is 5.91 Å². The van der Waals surface area contributed by atoms with E-state index in [9.17, 15) is 4.79 Å². The summed E-state index contributed by atoms with van der Waals surface area (Å²) in [6.07, 6.45) is 6.86. The van der Waals surface area contributed by atoms with Crippen molar-refractivity contribution in [1.82, 2.24) is 20.2 Å². The van der Waals surface area contributed by atoms with E-state index in [-0.39, 0.29) is 17.6 Å². The second-order valence-electron chi connectivity index (χ2n) is 6.36. The fourth-order valence-corrected chi connectivity index (χ4v) is 3.89. The summed E-state index contributed by atoms with van der Waals surface area (Å²) in [5, 5.41) is 3.31. The van der Waals surface area contributed by atoms with Crippen LogP contribution in [0.3, 0.4) is 0 Å². The molecule has 1 amide bonds. The Balaban J connectivity index is 1.45. The molecule has 1 spiro atoms. The highest BCUT2D eigenvalue weighted by atomic mass is 16.5. The van der Waals surface area contributed by atoms with Crippen molar-refractivity contribution in [3.63, 3.8) is 0 Å². The van der Waals surface area contributed by atoms with Crippen molar-refractivity contribution in [3.8, 4) is 0 Å². The molecule has 6 nitrogen and oxygen atoms in total. The zero-order valence-corrected chi connectivity index (χ0v) is 12.2. The van der Waals surface area contributed by atoms with E-state index in [0.29, 0.717) is 0 Å². The fraction of sp³-hybridized carbons (Fsp3) is 0.733. The Morgan fingerprint density at radius 3 is 3.00 bits per heavy atom. The van der Waals surface area contributed by atoms with Crippen molar-refractivity contribution in [3.05, 3.63) is 17.7 Å². The van der Waals surface area contributed by atoms with Gasteiger partial charge in [0.2, 0.25) is 5.91 Å². The molecule has 0 aliphatic carbocycles.